The predicted octanol–water partition coefficient (Wildman–Crippen LogP) is 4.09. The van der Waals surface area contributed by atoms with E-state index in [0.717, 1.165) is 0 Å². The van der Waals surface area contributed by atoms with Crippen LogP contribution < -0.4 is 10.6 Å². The van der Waals surface area contributed by atoms with Gasteiger partial charge in [-0.2, -0.15) is 9.40 Å². The number of halogens is 2. The van der Waals surface area contributed by atoms with Crippen molar-refractivity contribution in [3.8, 4) is 0 Å². The van der Waals surface area contributed by atoms with Crippen molar-refractivity contribution in [1.82, 2.24) is 19.4 Å². The summed E-state index contributed by atoms with van der Waals surface area (Å²) in [5.74, 6) is -1.70. The molecule has 1 fully saturated rings. The number of anilines is 2. The molecule has 1 aromatic heterocycles. The Bertz CT molecular complexity index is 1670. The van der Waals surface area contributed by atoms with E-state index >= 15 is 0 Å². The van der Waals surface area contributed by atoms with Crippen molar-refractivity contribution in [2.24, 2.45) is 4.99 Å². The molecule has 0 atom stereocenters. The lowest BCUT2D eigenvalue weighted by Gasteiger charge is -2.27. The Hall–Kier alpha value is -3.88. The molecule has 0 saturated carbocycles. The van der Waals surface area contributed by atoms with Crippen LogP contribution >= 0.6 is 23.2 Å². The fourth-order valence-corrected chi connectivity index (χ4v) is 6.21. The SMILES string of the molecule is CN(C)C/C=C/C(=O)Nc1ccc(S(=O)(=O)N2CCCC(=NC(=O)c3[nH]ncc3NC(=O)c3c(Cl)cccc3Cl)C2)cc1. The number of aromatic nitrogens is 2. The number of carbonyl (C=O) groups is 3. The largest absolute Gasteiger partial charge is 0.323 e. The summed E-state index contributed by atoms with van der Waals surface area (Å²) in [4.78, 5) is 44.0. The van der Waals surface area contributed by atoms with Gasteiger partial charge in [-0.05, 0) is 63.3 Å². The van der Waals surface area contributed by atoms with Crippen LogP contribution in [0.4, 0.5) is 11.4 Å². The minimum absolute atomic E-state index is 0.0390. The molecule has 3 aromatic rings. The van der Waals surface area contributed by atoms with E-state index in [1.165, 1.54) is 53.0 Å². The number of likely N-dealkylation sites (N-methyl/N-ethyl adjacent to an activating group) is 1. The van der Waals surface area contributed by atoms with Gasteiger partial charge in [0.15, 0.2) is 0 Å². The molecule has 0 radical (unpaired) electrons. The second-order valence-electron chi connectivity index (χ2n) is 9.81. The summed E-state index contributed by atoms with van der Waals surface area (Å²) in [5, 5.41) is 11.9. The lowest BCUT2D eigenvalue weighted by atomic mass is 10.1. The number of benzene rings is 2. The summed E-state index contributed by atoms with van der Waals surface area (Å²) in [6.07, 6.45) is 5.24. The van der Waals surface area contributed by atoms with Crippen molar-refractivity contribution in [3.63, 3.8) is 0 Å². The highest BCUT2D eigenvalue weighted by atomic mass is 35.5. The number of aromatic amines is 1. The molecule has 15 heteroatoms. The van der Waals surface area contributed by atoms with Gasteiger partial charge in [0.2, 0.25) is 15.9 Å². The standard InChI is InChI=1S/C28H29Cl2N7O5S/c1-36(2)14-5-9-24(38)32-18-10-12-20(13-11-18)43(41,42)37-15-4-6-19(17-37)33-28(40)26-23(16-31-35-26)34-27(39)25-21(29)7-3-8-22(25)30/h3,5,7-13,16H,4,6,14-15,17H2,1-2H3,(H,31,35)(H,32,38)(H,34,39)/b9-5+,33-19?. The van der Waals surface area contributed by atoms with E-state index in [9.17, 15) is 22.8 Å². The van der Waals surface area contributed by atoms with Crippen LogP contribution in [-0.4, -0.2) is 85.0 Å². The molecule has 0 aliphatic carbocycles. The van der Waals surface area contributed by atoms with Gasteiger partial charge in [0, 0.05) is 30.6 Å². The first-order valence-electron chi connectivity index (χ1n) is 13.1. The van der Waals surface area contributed by atoms with Crippen molar-refractivity contribution in [3.05, 3.63) is 82.1 Å². The van der Waals surface area contributed by atoms with Crippen molar-refractivity contribution in [1.29, 1.82) is 0 Å². The second kappa shape index (κ2) is 14.1. The molecule has 1 saturated heterocycles. The molecule has 226 valence electrons. The fourth-order valence-electron chi connectivity index (χ4n) is 4.17. The zero-order valence-corrected chi connectivity index (χ0v) is 25.6. The Morgan fingerprint density at radius 2 is 1.79 bits per heavy atom. The van der Waals surface area contributed by atoms with Crippen molar-refractivity contribution in [2.75, 3.05) is 44.4 Å². The lowest BCUT2D eigenvalue weighted by Crippen LogP contribution is -2.40. The average molecular weight is 647 g/mol. The minimum atomic E-state index is -3.91. The molecule has 4 rings (SSSR count). The number of amides is 3. The number of nitrogens with one attached hydrogen (secondary N) is 3. The van der Waals surface area contributed by atoms with Crippen LogP contribution in [0, 0.1) is 0 Å². The minimum Gasteiger partial charge on any atom is -0.323 e. The Balaban J connectivity index is 1.43. The molecule has 12 nitrogen and oxygen atoms in total. The van der Waals surface area contributed by atoms with Crippen LogP contribution in [0.25, 0.3) is 0 Å². The summed E-state index contributed by atoms with van der Waals surface area (Å²) < 4.78 is 27.9. The van der Waals surface area contributed by atoms with Crippen molar-refractivity contribution < 1.29 is 22.8 Å². The first-order valence-corrected chi connectivity index (χ1v) is 15.3. The lowest BCUT2D eigenvalue weighted by molar-refractivity contribution is -0.111. The predicted molar refractivity (Wildman–Crippen MR) is 166 cm³/mol. The number of piperidine rings is 1. The third-order valence-corrected chi connectivity index (χ3v) is 8.77. The molecule has 2 heterocycles. The highest BCUT2D eigenvalue weighted by Gasteiger charge is 2.29. The fraction of sp³-hybridized carbons (Fsp3) is 0.250. The van der Waals surface area contributed by atoms with Crippen LogP contribution in [0.2, 0.25) is 10.0 Å². The molecule has 0 unspecified atom stereocenters. The zero-order valence-electron chi connectivity index (χ0n) is 23.3. The topological polar surface area (TPSA) is 157 Å². The number of hydrogen-bond acceptors (Lipinski definition) is 7. The zero-order chi connectivity index (χ0) is 31.1. The third-order valence-electron chi connectivity index (χ3n) is 6.28. The quantitative estimate of drug-likeness (QED) is 0.296. The Morgan fingerprint density at radius 3 is 2.47 bits per heavy atom. The van der Waals surface area contributed by atoms with Gasteiger partial charge >= 0.3 is 0 Å². The van der Waals surface area contributed by atoms with Gasteiger partial charge in [0.25, 0.3) is 11.8 Å². The van der Waals surface area contributed by atoms with Crippen LogP contribution in [0.1, 0.15) is 33.7 Å². The van der Waals surface area contributed by atoms with Crippen molar-refractivity contribution >= 4 is 68.0 Å². The molecule has 0 bridgehead atoms. The van der Waals surface area contributed by atoms with Crippen LogP contribution in [-0.2, 0) is 14.8 Å². The number of H-pyrrole nitrogens is 1. The highest BCUT2D eigenvalue weighted by Crippen LogP contribution is 2.26. The maximum atomic E-state index is 13.3. The van der Waals surface area contributed by atoms with Gasteiger partial charge in [0.1, 0.15) is 5.69 Å². The number of hydrogen-bond donors (Lipinski definition) is 3. The maximum Gasteiger partial charge on any atom is 0.297 e. The van der Waals surface area contributed by atoms with Crippen molar-refractivity contribution in [2.45, 2.75) is 17.7 Å². The molecule has 1 aliphatic rings. The first-order chi connectivity index (χ1) is 20.5. The molecule has 2 aromatic carbocycles. The summed E-state index contributed by atoms with van der Waals surface area (Å²) in [6, 6.07) is 10.5. The number of aliphatic imine (C=N–C) groups is 1. The molecule has 0 spiro atoms. The first kappa shape index (κ1) is 32.0. The van der Waals surface area contributed by atoms with Gasteiger partial charge in [-0.25, -0.2) is 13.4 Å². The molecular weight excluding hydrogens is 617 g/mol. The molecular formula is C28H29Cl2N7O5S. The third kappa shape index (κ3) is 8.15. The summed E-state index contributed by atoms with van der Waals surface area (Å²) in [6.45, 7) is 0.763. The second-order valence-corrected chi connectivity index (χ2v) is 12.6. The number of sulfonamides is 1. The van der Waals surface area contributed by atoms with Gasteiger partial charge < -0.3 is 15.5 Å². The Labute approximate surface area is 258 Å². The van der Waals surface area contributed by atoms with E-state index in [1.54, 1.807) is 12.1 Å². The van der Waals surface area contributed by atoms with Gasteiger partial charge in [-0.15, -0.1) is 0 Å². The summed E-state index contributed by atoms with van der Waals surface area (Å²) in [7, 11) is -0.143. The van der Waals surface area contributed by atoms with Gasteiger partial charge in [0.05, 0.1) is 38.9 Å². The number of rotatable bonds is 9. The smallest absolute Gasteiger partial charge is 0.297 e. The maximum absolute atomic E-state index is 13.3. The van der Waals surface area contributed by atoms with Gasteiger partial charge in [-0.3, -0.25) is 19.5 Å². The normalized spacial score (nSPS) is 15.2. The Morgan fingerprint density at radius 1 is 1.09 bits per heavy atom. The van der Waals surface area contributed by atoms with Crippen LogP contribution in [0.3, 0.4) is 0 Å². The van der Waals surface area contributed by atoms with E-state index in [-0.39, 0.29) is 50.9 Å². The van der Waals surface area contributed by atoms with Gasteiger partial charge in [-0.1, -0.05) is 35.3 Å². The molecule has 3 amide bonds. The number of carbonyl (C=O) groups excluding carboxylic acids is 3. The number of nitrogens with zero attached hydrogens (tertiary/aromatic N) is 4. The molecule has 43 heavy (non-hydrogen) atoms. The van der Waals surface area contributed by atoms with Crippen LogP contribution in [0.15, 0.2) is 70.7 Å². The Kier molecular flexibility index (Phi) is 10.5. The van der Waals surface area contributed by atoms with E-state index in [4.69, 9.17) is 23.2 Å². The summed E-state index contributed by atoms with van der Waals surface area (Å²) in [5.41, 5.74) is 0.824. The molecule has 1 aliphatic heterocycles. The highest BCUT2D eigenvalue weighted by molar-refractivity contribution is 7.89. The van der Waals surface area contributed by atoms with E-state index < -0.39 is 21.8 Å². The van der Waals surface area contributed by atoms with E-state index in [1.807, 2.05) is 19.0 Å². The van der Waals surface area contributed by atoms with E-state index in [2.05, 4.69) is 25.8 Å². The average Bonchev–Trinajstić information content (AvgIpc) is 3.41. The summed E-state index contributed by atoms with van der Waals surface area (Å²) >= 11 is 12.2. The van der Waals surface area contributed by atoms with E-state index in [0.29, 0.717) is 30.8 Å². The monoisotopic (exact) mass is 645 g/mol. The van der Waals surface area contributed by atoms with Crippen LogP contribution in [0.5, 0.6) is 0 Å². The molecule has 3 N–H and O–H groups in total.